The second-order valence-corrected chi connectivity index (χ2v) is 6.17. The second kappa shape index (κ2) is 7.07. The lowest BCUT2D eigenvalue weighted by molar-refractivity contribution is -0.125. The Bertz CT molecular complexity index is 456. The molecule has 5 heteroatoms. The first kappa shape index (κ1) is 16.0. The number of hydrogen-bond donors (Lipinski definition) is 1. The van der Waals surface area contributed by atoms with Gasteiger partial charge in [-0.1, -0.05) is 19.0 Å². The number of amides is 1. The van der Waals surface area contributed by atoms with Crippen LogP contribution in [-0.4, -0.2) is 35.1 Å². The molecular weight excluding hydrogens is 266 g/mol. The van der Waals surface area contributed by atoms with Crippen LogP contribution in [0.2, 0.25) is 0 Å². The van der Waals surface area contributed by atoms with Crippen molar-refractivity contribution in [2.75, 3.05) is 13.1 Å². The highest BCUT2D eigenvalue weighted by Crippen LogP contribution is 2.19. The minimum atomic E-state index is 0.116. The van der Waals surface area contributed by atoms with Gasteiger partial charge in [-0.3, -0.25) is 9.69 Å². The molecule has 1 unspecified atom stereocenters. The average molecular weight is 293 g/mol. The van der Waals surface area contributed by atoms with Gasteiger partial charge in [-0.2, -0.15) is 0 Å². The van der Waals surface area contributed by atoms with Crippen LogP contribution in [0.3, 0.4) is 0 Å². The molecule has 5 nitrogen and oxygen atoms in total. The molecule has 1 aromatic heterocycles. The molecule has 1 aliphatic heterocycles. The minimum Gasteiger partial charge on any atom is -0.361 e. The zero-order valence-electron chi connectivity index (χ0n) is 13.6. The Hall–Kier alpha value is -1.36. The molecule has 118 valence electrons. The number of aryl methyl sites for hydroxylation is 2. The summed E-state index contributed by atoms with van der Waals surface area (Å²) in [6.07, 6.45) is 2.94. The number of hydrogen-bond acceptors (Lipinski definition) is 4. The van der Waals surface area contributed by atoms with Gasteiger partial charge in [0, 0.05) is 37.2 Å². The third-order valence-corrected chi connectivity index (χ3v) is 4.56. The van der Waals surface area contributed by atoms with Crippen LogP contribution in [0.1, 0.15) is 50.1 Å². The van der Waals surface area contributed by atoms with Crippen molar-refractivity contribution in [3.8, 4) is 0 Å². The summed E-state index contributed by atoms with van der Waals surface area (Å²) >= 11 is 0. The summed E-state index contributed by atoms with van der Waals surface area (Å²) in [6, 6.07) is 0.326. The molecule has 1 aromatic rings. The summed E-state index contributed by atoms with van der Waals surface area (Å²) in [5.74, 6) is 1.23. The van der Waals surface area contributed by atoms with Gasteiger partial charge in [0.1, 0.15) is 5.76 Å². The van der Waals surface area contributed by atoms with Gasteiger partial charge in [0.25, 0.3) is 0 Å². The van der Waals surface area contributed by atoms with Gasteiger partial charge in [-0.15, -0.1) is 0 Å². The van der Waals surface area contributed by atoms with Gasteiger partial charge >= 0.3 is 0 Å². The van der Waals surface area contributed by atoms with Crippen molar-refractivity contribution in [2.24, 2.45) is 5.92 Å². The summed E-state index contributed by atoms with van der Waals surface area (Å²) < 4.78 is 5.22. The van der Waals surface area contributed by atoms with Gasteiger partial charge in [0.05, 0.1) is 5.69 Å². The van der Waals surface area contributed by atoms with Crippen molar-refractivity contribution < 1.29 is 9.32 Å². The standard InChI is InChI=1S/C16H27N3O2/c1-5-11(2)16(20)17-14-6-8-19(9-7-14)10-15-12(3)18-21-13(15)4/h11,14H,5-10H2,1-4H3,(H,17,20). The Kier molecular flexibility index (Phi) is 5.39. The average Bonchev–Trinajstić information content (AvgIpc) is 2.80. The summed E-state index contributed by atoms with van der Waals surface area (Å²) in [7, 11) is 0. The van der Waals surface area contributed by atoms with E-state index in [1.54, 1.807) is 0 Å². The van der Waals surface area contributed by atoms with E-state index >= 15 is 0 Å². The fourth-order valence-corrected chi connectivity index (χ4v) is 2.72. The van der Waals surface area contributed by atoms with E-state index < -0.39 is 0 Å². The highest BCUT2D eigenvalue weighted by atomic mass is 16.5. The zero-order chi connectivity index (χ0) is 15.4. The molecule has 0 spiro atoms. The normalized spacial score (nSPS) is 18.7. The number of carbonyl (C=O) groups excluding carboxylic acids is 1. The lowest BCUT2D eigenvalue weighted by Crippen LogP contribution is -2.45. The maximum Gasteiger partial charge on any atom is 0.223 e. The van der Waals surface area contributed by atoms with E-state index in [4.69, 9.17) is 4.52 Å². The Morgan fingerprint density at radius 3 is 2.62 bits per heavy atom. The van der Waals surface area contributed by atoms with Crippen LogP contribution in [-0.2, 0) is 11.3 Å². The first-order valence-electron chi connectivity index (χ1n) is 7.95. The van der Waals surface area contributed by atoms with Crippen molar-refractivity contribution in [3.05, 3.63) is 17.0 Å². The van der Waals surface area contributed by atoms with Gasteiger partial charge in [0.2, 0.25) is 5.91 Å². The van der Waals surface area contributed by atoms with Crippen LogP contribution in [0.15, 0.2) is 4.52 Å². The predicted octanol–water partition coefficient (Wildman–Crippen LogP) is 2.42. The molecule has 2 heterocycles. The molecule has 0 radical (unpaired) electrons. The Morgan fingerprint density at radius 2 is 2.10 bits per heavy atom. The predicted molar refractivity (Wildman–Crippen MR) is 81.9 cm³/mol. The van der Waals surface area contributed by atoms with E-state index in [2.05, 4.69) is 22.3 Å². The lowest BCUT2D eigenvalue weighted by atomic mass is 10.0. The van der Waals surface area contributed by atoms with Crippen molar-refractivity contribution in [2.45, 2.75) is 59.5 Å². The smallest absolute Gasteiger partial charge is 0.223 e. The lowest BCUT2D eigenvalue weighted by Gasteiger charge is -2.32. The molecule has 0 aliphatic carbocycles. The Balaban J connectivity index is 1.80. The SMILES string of the molecule is CCC(C)C(=O)NC1CCN(Cc2c(C)noc2C)CC1. The van der Waals surface area contributed by atoms with Crippen molar-refractivity contribution in [1.29, 1.82) is 0 Å². The van der Waals surface area contributed by atoms with Crippen LogP contribution >= 0.6 is 0 Å². The number of aromatic nitrogens is 1. The highest BCUT2D eigenvalue weighted by molar-refractivity contribution is 5.78. The third kappa shape index (κ3) is 4.06. The molecule has 21 heavy (non-hydrogen) atoms. The van der Waals surface area contributed by atoms with Gasteiger partial charge in [-0.25, -0.2) is 0 Å². The molecule has 1 amide bonds. The number of rotatable bonds is 5. The quantitative estimate of drug-likeness (QED) is 0.906. The number of carbonyl (C=O) groups is 1. The molecular formula is C16H27N3O2. The fourth-order valence-electron chi connectivity index (χ4n) is 2.72. The van der Waals surface area contributed by atoms with Gasteiger partial charge in [-0.05, 0) is 33.1 Å². The second-order valence-electron chi connectivity index (χ2n) is 6.17. The maximum atomic E-state index is 11.9. The topological polar surface area (TPSA) is 58.4 Å². The highest BCUT2D eigenvalue weighted by Gasteiger charge is 2.23. The molecule has 1 fully saturated rings. The van der Waals surface area contributed by atoms with E-state index in [0.717, 1.165) is 50.4 Å². The van der Waals surface area contributed by atoms with E-state index in [1.807, 2.05) is 20.8 Å². The fraction of sp³-hybridized carbons (Fsp3) is 0.750. The van der Waals surface area contributed by atoms with Crippen LogP contribution in [0.4, 0.5) is 0 Å². The van der Waals surface area contributed by atoms with E-state index in [9.17, 15) is 4.79 Å². The summed E-state index contributed by atoms with van der Waals surface area (Å²) in [5, 5.41) is 7.18. The number of nitrogens with zero attached hydrogens (tertiary/aromatic N) is 2. The van der Waals surface area contributed by atoms with E-state index in [1.165, 1.54) is 5.56 Å². The van der Waals surface area contributed by atoms with Crippen molar-refractivity contribution >= 4 is 5.91 Å². The summed E-state index contributed by atoms with van der Waals surface area (Å²) in [4.78, 5) is 14.3. The van der Waals surface area contributed by atoms with E-state index in [0.29, 0.717) is 6.04 Å². The molecule has 0 bridgehead atoms. The van der Waals surface area contributed by atoms with E-state index in [-0.39, 0.29) is 11.8 Å². The molecule has 1 aliphatic rings. The molecule has 2 rings (SSSR count). The van der Waals surface area contributed by atoms with Crippen molar-refractivity contribution in [1.82, 2.24) is 15.4 Å². The van der Waals surface area contributed by atoms with Crippen LogP contribution in [0, 0.1) is 19.8 Å². The summed E-state index contributed by atoms with van der Waals surface area (Å²) in [5.41, 5.74) is 2.19. The Morgan fingerprint density at radius 1 is 1.43 bits per heavy atom. The molecule has 1 N–H and O–H groups in total. The van der Waals surface area contributed by atoms with Crippen LogP contribution in [0.25, 0.3) is 0 Å². The minimum absolute atomic E-state index is 0.116. The summed E-state index contributed by atoms with van der Waals surface area (Å²) in [6.45, 7) is 10.9. The Labute approximate surface area is 127 Å². The van der Waals surface area contributed by atoms with Crippen molar-refractivity contribution in [3.63, 3.8) is 0 Å². The van der Waals surface area contributed by atoms with Gasteiger partial charge < -0.3 is 9.84 Å². The molecule has 1 saturated heterocycles. The third-order valence-electron chi connectivity index (χ3n) is 4.56. The maximum absolute atomic E-state index is 11.9. The van der Waals surface area contributed by atoms with Crippen LogP contribution in [0.5, 0.6) is 0 Å². The van der Waals surface area contributed by atoms with Crippen LogP contribution < -0.4 is 5.32 Å². The number of piperidine rings is 1. The first-order chi connectivity index (χ1) is 10.0. The first-order valence-corrected chi connectivity index (χ1v) is 7.95. The monoisotopic (exact) mass is 293 g/mol. The number of likely N-dealkylation sites (tertiary alicyclic amines) is 1. The zero-order valence-corrected chi connectivity index (χ0v) is 13.6. The molecule has 0 saturated carbocycles. The molecule has 1 atom stereocenters. The number of nitrogens with one attached hydrogen (secondary N) is 1. The largest absolute Gasteiger partial charge is 0.361 e. The molecule has 0 aromatic carbocycles. The van der Waals surface area contributed by atoms with Gasteiger partial charge in [0.15, 0.2) is 0 Å².